The lowest BCUT2D eigenvalue weighted by molar-refractivity contribution is -0.143. The van der Waals surface area contributed by atoms with E-state index < -0.39 is 30.4 Å². The zero-order valence-corrected chi connectivity index (χ0v) is 17.6. The molecule has 1 aliphatic carbocycles. The zero-order chi connectivity index (χ0) is 24.0. The molecule has 0 spiro atoms. The predicted octanol–water partition coefficient (Wildman–Crippen LogP) is 4.13. The maximum absolute atomic E-state index is 13.5. The molecule has 1 aromatic carbocycles. The molecule has 4 heterocycles. The van der Waals surface area contributed by atoms with Gasteiger partial charge < -0.3 is 19.7 Å². The Balaban J connectivity index is 1.36. The predicted molar refractivity (Wildman–Crippen MR) is 110 cm³/mol. The number of rotatable bonds is 7. The van der Waals surface area contributed by atoms with Gasteiger partial charge in [-0.3, -0.25) is 0 Å². The molecule has 3 aromatic rings. The van der Waals surface area contributed by atoms with Crippen LogP contribution in [0.2, 0.25) is 0 Å². The fourth-order valence-corrected chi connectivity index (χ4v) is 3.94. The number of benzene rings is 1. The number of fused-ring (bicyclic) bond motifs is 1. The Morgan fingerprint density at radius 3 is 2.62 bits per heavy atom. The Hall–Kier alpha value is -3.90. The van der Waals surface area contributed by atoms with E-state index in [-0.39, 0.29) is 23.7 Å². The molecular formula is C21H17F5N6O2. The number of pyridine rings is 1. The normalized spacial score (nSPS) is 19.0. The summed E-state index contributed by atoms with van der Waals surface area (Å²) in [6.07, 6.45) is -0.970. The van der Waals surface area contributed by atoms with Crippen molar-refractivity contribution in [1.82, 2.24) is 19.7 Å². The van der Waals surface area contributed by atoms with Crippen molar-refractivity contribution < 1.29 is 31.4 Å². The third-order valence-electron chi connectivity index (χ3n) is 5.37. The van der Waals surface area contributed by atoms with Gasteiger partial charge in [-0.05, 0) is 6.07 Å². The minimum Gasteiger partial charge on any atom is -0.481 e. The molecule has 2 unspecified atom stereocenters. The van der Waals surface area contributed by atoms with Gasteiger partial charge in [-0.1, -0.05) is 6.08 Å². The molecule has 0 radical (unpaired) electrons. The van der Waals surface area contributed by atoms with E-state index >= 15 is 0 Å². The van der Waals surface area contributed by atoms with Gasteiger partial charge in [-0.2, -0.15) is 18.2 Å². The van der Waals surface area contributed by atoms with E-state index in [9.17, 15) is 22.0 Å². The van der Waals surface area contributed by atoms with E-state index in [0.717, 1.165) is 23.5 Å². The molecule has 2 aliphatic heterocycles. The van der Waals surface area contributed by atoms with E-state index in [1.54, 1.807) is 12.3 Å². The van der Waals surface area contributed by atoms with Crippen molar-refractivity contribution in [2.45, 2.75) is 18.8 Å². The van der Waals surface area contributed by atoms with Gasteiger partial charge in [0, 0.05) is 54.3 Å². The van der Waals surface area contributed by atoms with Crippen molar-refractivity contribution in [2.24, 2.45) is 5.92 Å². The van der Waals surface area contributed by atoms with Crippen LogP contribution in [0.15, 0.2) is 48.3 Å². The first kappa shape index (κ1) is 21.9. The Labute approximate surface area is 189 Å². The standard InChI is InChI=1S/C21H17F5N6O2/c1-33-17-8-14(2-3-27-17)31-9-11-4-16(31)18(11)28-19-29-20(32(30-19)10-21(24,25)26)34-15-6-12(22)5-13(23)7-15/h2-8,11,18H,9-10H2,1H3,(H,28,30). The monoisotopic (exact) mass is 480 g/mol. The summed E-state index contributed by atoms with van der Waals surface area (Å²) in [5.41, 5.74) is 1.76. The third-order valence-corrected chi connectivity index (χ3v) is 5.37. The second-order valence-corrected chi connectivity index (χ2v) is 7.74. The van der Waals surface area contributed by atoms with Crippen molar-refractivity contribution in [3.8, 4) is 17.6 Å². The van der Waals surface area contributed by atoms with Crippen LogP contribution in [-0.2, 0) is 6.54 Å². The number of nitrogens with one attached hydrogen (secondary N) is 1. The average molecular weight is 480 g/mol. The number of anilines is 2. The van der Waals surface area contributed by atoms with Crippen LogP contribution in [0.4, 0.5) is 33.6 Å². The highest BCUT2D eigenvalue weighted by Gasteiger charge is 2.45. The van der Waals surface area contributed by atoms with Crippen LogP contribution in [0.1, 0.15) is 0 Å². The highest BCUT2D eigenvalue weighted by Crippen LogP contribution is 2.43. The number of halogens is 5. The number of ether oxygens (including phenoxy) is 2. The highest BCUT2D eigenvalue weighted by molar-refractivity contribution is 5.63. The van der Waals surface area contributed by atoms with Crippen LogP contribution >= 0.6 is 0 Å². The Morgan fingerprint density at radius 2 is 1.91 bits per heavy atom. The van der Waals surface area contributed by atoms with Gasteiger partial charge >= 0.3 is 12.2 Å². The maximum atomic E-state index is 13.5. The Bertz CT molecular complexity index is 1240. The van der Waals surface area contributed by atoms with E-state index in [0.29, 0.717) is 23.2 Å². The van der Waals surface area contributed by atoms with Crippen molar-refractivity contribution in [2.75, 3.05) is 23.9 Å². The molecular weight excluding hydrogens is 463 g/mol. The molecule has 8 nitrogen and oxygen atoms in total. The SMILES string of the molecule is COc1cc(N2CC3C=C2C3Nc2nc(Oc3cc(F)cc(F)c3)n(CC(F)(F)F)n2)ccn1. The third kappa shape index (κ3) is 4.32. The molecule has 3 aliphatic rings. The number of alkyl halides is 3. The molecule has 34 heavy (non-hydrogen) atoms. The summed E-state index contributed by atoms with van der Waals surface area (Å²) >= 11 is 0. The van der Waals surface area contributed by atoms with Crippen LogP contribution in [0, 0.1) is 17.6 Å². The Kier molecular flexibility index (Phi) is 5.25. The quantitative estimate of drug-likeness (QED) is 0.510. The number of nitrogens with zero attached hydrogens (tertiary/aromatic N) is 5. The van der Waals surface area contributed by atoms with Crippen LogP contribution in [0.25, 0.3) is 0 Å². The fraction of sp³-hybridized carbons (Fsp3) is 0.286. The first-order valence-corrected chi connectivity index (χ1v) is 10.1. The van der Waals surface area contributed by atoms with Gasteiger partial charge in [0.2, 0.25) is 11.8 Å². The van der Waals surface area contributed by atoms with E-state index in [1.807, 2.05) is 17.0 Å². The summed E-state index contributed by atoms with van der Waals surface area (Å²) in [6, 6.07) is 5.09. The van der Waals surface area contributed by atoms with Gasteiger partial charge in [0.1, 0.15) is 23.9 Å². The van der Waals surface area contributed by atoms with Crippen molar-refractivity contribution in [3.05, 3.63) is 59.9 Å². The molecule has 13 heteroatoms. The van der Waals surface area contributed by atoms with Gasteiger partial charge in [-0.15, -0.1) is 5.10 Å². The Morgan fingerprint density at radius 1 is 1.15 bits per heavy atom. The summed E-state index contributed by atoms with van der Waals surface area (Å²) in [7, 11) is 1.51. The number of methoxy groups -OCH3 is 1. The molecule has 2 bridgehead atoms. The van der Waals surface area contributed by atoms with E-state index in [4.69, 9.17) is 9.47 Å². The lowest BCUT2D eigenvalue weighted by atomic mass is 9.91. The molecule has 0 saturated carbocycles. The fourth-order valence-electron chi connectivity index (χ4n) is 3.94. The van der Waals surface area contributed by atoms with Crippen LogP contribution in [0.3, 0.4) is 0 Å². The van der Waals surface area contributed by atoms with E-state index in [2.05, 4.69) is 20.4 Å². The first-order chi connectivity index (χ1) is 16.2. The average Bonchev–Trinajstić information content (AvgIpc) is 3.44. The summed E-state index contributed by atoms with van der Waals surface area (Å²) in [6.45, 7) is -0.843. The minimum absolute atomic E-state index is 0.0745. The van der Waals surface area contributed by atoms with E-state index in [1.165, 1.54) is 7.11 Å². The van der Waals surface area contributed by atoms with Gasteiger partial charge in [0.25, 0.3) is 0 Å². The van der Waals surface area contributed by atoms with Gasteiger partial charge in [0.05, 0.1) is 13.2 Å². The second-order valence-electron chi connectivity index (χ2n) is 7.74. The summed E-state index contributed by atoms with van der Waals surface area (Å²) in [5.74, 6) is -1.81. The number of hydrogen-bond donors (Lipinski definition) is 1. The van der Waals surface area contributed by atoms with Gasteiger partial charge in [-0.25, -0.2) is 18.4 Å². The topological polar surface area (TPSA) is 77.3 Å². The van der Waals surface area contributed by atoms with Crippen molar-refractivity contribution in [1.29, 1.82) is 0 Å². The molecule has 6 rings (SSSR count). The largest absolute Gasteiger partial charge is 0.481 e. The van der Waals surface area contributed by atoms with Crippen molar-refractivity contribution >= 4 is 11.6 Å². The van der Waals surface area contributed by atoms with Crippen LogP contribution < -0.4 is 19.7 Å². The molecule has 1 N–H and O–H groups in total. The van der Waals surface area contributed by atoms with Crippen LogP contribution in [-0.4, -0.2) is 45.6 Å². The van der Waals surface area contributed by atoms with Crippen molar-refractivity contribution in [3.63, 3.8) is 0 Å². The highest BCUT2D eigenvalue weighted by atomic mass is 19.4. The van der Waals surface area contributed by atoms with Gasteiger partial charge in [0.15, 0.2) is 0 Å². The van der Waals surface area contributed by atoms with Crippen LogP contribution in [0.5, 0.6) is 17.6 Å². The zero-order valence-electron chi connectivity index (χ0n) is 17.6. The number of hydrogen-bond acceptors (Lipinski definition) is 7. The molecule has 178 valence electrons. The summed E-state index contributed by atoms with van der Waals surface area (Å²) in [5, 5.41) is 6.89. The summed E-state index contributed by atoms with van der Waals surface area (Å²) < 4.78 is 77.0. The number of aromatic nitrogens is 4. The first-order valence-electron chi connectivity index (χ1n) is 10.1. The molecule has 2 atom stereocenters. The summed E-state index contributed by atoms with van der Waals surface area (Å²) in [4.78, 5) is 10.1. The minimum atomic E-state index is -4.62. The molecule has 0 amide bonds. The smallest absolute Gasteiger partial charge is 0.408 e. The molecule has 2 aromatic heterocycles. The molecule has 1 fully saturated rings. The maximum Gasteiger partial charge on any atom is 0.408 e. The lowest BCUT2D eigenvalue weighted by Crippen LogP contribution is -2.34. The molecule has 1 saturated heterocycles. The second kappa shape index (κ2) is 8.15. The lowest BCUT2D eigenvalue weighted by Gasteiger charge is -2.28.